The van der Waals surface area contributed by atoms with E-state index >= 15 is 0 Å². The summed E-state index contributed by atoms with van der Waals surface area (Å²) in [5, 5.41) is 8.60. The van der Waals surface area contributed by atoms with E-state index in [-0.39, 0.29) is 0 Å². The molecule has 0 unspecified atom stereocenters. The Labute approximate surface area is 218 Å². The molecule has 0 aliphatic carbocycles. The van der Waals surface area contributed by atoms with Crippen LogP contribution in [-0.4, -0.2) is 30.2 Å². The number of hydrogen-bond donors (Lipinski definition) is 1. The Morgan fingerprint density at radius 1 is 0.441 bits per heavy atom. The third kappa shape index (κ3) is 31.7. The van der Waals surface area contributed by atoms with E-state index in [1.165, 1.54) is 148 Å². The van der Waals surface area contributed by atoms with E-state index in [9.17, 15) is 4.79 Å². The molecule has 0 bridgehead atoms. The van der Waals surface area contributed by atoms with Crippen LogP contribution in [0.1, 0.15) is 167 Å². The first-order chi connectivity index (χ1) is 16.8. The van der Waals surface area contributed by atoms with Crippen molar-refractivity contribution in [2.75, 3.05) is 19.1 Å². The van der Waals surface area contributed by atoms with Gasteiger partial charge in [-0.15, -0.1) is 11.6 Å². The molecule has 3 nitrogen and oxygen atoms in total. The van der Waals surface area contributed by atoms with Crippen LogP contribution in [0.2, 0.25) is 0 Å². The average molecular weight is 503 g/mol. The fraction of sp³-hybridized carbons (Fsp3) is 0.967. The number of rotatable bonds is 30. The molecule has 0 radical (unpaired) electrons. The first kappa shape index (κ1) is 33.7. The number of halogens is 1. The third-order valence-corrected chi connectivity index (χ3v) is 7.12. The molecule has 0 aromatic carbocycles. The Hall–Kier alpha value is -0.280. The van der Waals surface area contributed by atoms with Gasteiger partial charge in [-0.25, -0.2) is 0 Å². The Morgan fingerprint density at radius 3 is 1.00 bits per heavy atom. The topological polar surface area (TPSA) is 46.5 Å². The van der Waals surface area contributed by atoms with Gasteiger partial charge in [0.1, 0.15) is 0 Å². The van der Waals surface area contributed by atoms with Crippen LogP contribution in [0.15, 0.2) is 0 Å². The van der Waals surface area contributed by atoms with E-state index in [4.69, 9.17) is 21.4 Å². The van der Waals surface area contributed by atoms with E-state index in [0.29, 0.717) is 6.42 Å². The molecule has 0 saturated carbocycles. The highest BCUT2D eigenvalue weighted by molar-refractivity contribution is 6.17. The van der Waals surface area contributed by atoms with Gasteiger partial charge >= 0.3 is 5.97 Å². The summed E-state index contributed by atoms with van der Waals surface area (Å²) in [7, 11) is 0. The van der Waals surface area contributed by atoms with Crippen LogP contribution < -0.4 is 0 Å². The Balaban J connectivity index is 3.01. The molecule has 4 heteroatoms. The number of alkyl halides is 1. The first-order valence-corrected chi connectivity index (χ1v) is 15.7. The quantitative estimate of drug-likeness (QED) is 0.0784. The molecule has 0 spiro atoms. The molecule has 0 amide bonds. The highest BCUT2D eigenvalue weighted by Gasteiger charge is 1.98. The SMILES string of the molecule is O=C(O)CCCCCCCCCCCCCOCCCCCCCCCCCCCCCCCl. The van der Waals surface area contributed by atoms with E-state index < -0.39 is 5.97 Å². The fourth-order valence-electron chi connectivity index (χ4n) is 4.59. The van der Waals surface area contributed by atoms with Crippen molar-refractivity contribution < 1.29 is 14.6 Å². The molecule has 1 N–H and O–H groups in total. The molecule has 0 aliphatic heterocycles. The number of unbranched alkanes of at least 4 members (excludes halogenated alkanes) is 23. The zero-order chi connectivity index (χ0) is 24.8. The smallest absolute Gasteiger partial charge is 0.303 e. The van der Waals surface area contributed by atoms with Crippen molar-refractivity contribution in [2.24, 2.45) is 0 Å². The molecule has 34 heavy (non-hydrogen) atoms. The van der Waals surface area contributed by atoms with E-state index in [1.54, 1.807) is 0 Å². The monoisotopic (exact) mass is 502 g/mol. The van der Waals surface area contributed by atoms with Crippen LogP contribution in [0.5, 0.6) is 0 Å². The first-order valence-electron chi connectivity index (χ1n) is 15.1. The lowest BCUT2D eigenvalue weighted by Gasteiger charge is -2.05. The molecular weight excluding hydrogens is 444 g/mol. The second-order valence-corrected chi connectivity index (χ2v) is 10.7. The number of ether oxygens (including phenoxy) is 1. The van der Waals surface area contributed by atoms with Crippen molar-refractivity contribution in [1.29, 1.82) is 0 Å². The van der Waals surface area contributed by atoms with Crippen LogP contribution in [0.25, 0.3) is 0 Å². The number of carbonyl (C=O) groups is 1. The second kappa shape index (κ2) is 30.8. The summed E-state index contributed by atoms with van der Waals surface area (Å²) in [6.07, 6.45) is 33.1. The minimum absolute atomic E-state index is 0.334. The predicted molar refractivity (Wildman–Crippen MR) is 149 cm³/mol. The maximum Gasteiger partial charge on any atom is 0.303 e. The lowest BCUT2D eigenvalue weighted by atomic mass is 10.0. The van der Waals surface area contributed by atoms with Gasteiger partial charge in [-0.1, -0.05) is 135 Å². The van der Waals surface area contributed by atoms with E-state index in [1.807, 2.05) is 0 Å². The highest BCUT2D eigenvalue weighted by Crippen LogP contribution is 2.14. The Kier molecular flexibility index (Phi) is 30.5. The highest BCUT2D eigenvalue weighted by atomic mass is 35.5. The molecule has 0 aliphatic rings. The summed E-state index contributed by atoms with van der Waals surface area (Å²) in [5.41, 5.74) is 0. The summed E-state index contributed by atoms with van der Waals surface area (Å²) >= 11 is 5.70. The summed E-state index contributed by atoms with van der Waals surface area (Å²) < 4.78 is 5.81. The Morgan fingerprint density at radius 2 is 0.706 bits per heavy atom. The minimum atomic E-state index is -0.659. The zero-order valence-corrected chi connectivity index (χ0v) is 23.4. The second-order valence-electron chi connectivity index (χ2n) is 10.3. The molecule has 0 fully saturated rings. The molecule has 204 valence electrons. The molecule has 0 aromatic heterocycles. The molecule has 0 atom stereocenters. The van der Waals surface area contributed by atoms with Gasteiger partial charge in [0, 0.05) is 25.5 Å². The summed E-state index contributed by atoms with van der Waals surface area (Å²) in [4.78, 5) is 10.4. The van der Waals surface area contributed by atoms with Gasteiger partial charge < -0.3 is 9.84 Å². The van der Waals surface area contributed by atoms with Crippen molar-refractivity contribution in [3.8, 4) is 0 Å². The third-order valence-electron chi connectivity index (χ3n) is 6.85. The maximum absolute atomic E-state index is 10.4. The minimum Gasteiger partial charge on any atom is -0.481 e. The number of carboxylic acid groups (broad SMARTS) is 1. The van der Waals surface area contributed by atoms with Crippen LogP contribution >= 0.6 is 11.6 Å². The number of aliphatic carboxylic acids is 1. The van der Waals surface area contributed by atoms with Gasteiger partial charge in [0.2, 0.25) is 0 Å². The average Bonchev–Trinajstić information content (AvgIpc) is 2.83. The molecule has 0 saturated heterocycles. The normalized spacial score (nSPS) is 11.3. The molecular formula is C30H59ClO3. The standard InChI is InChI=1S/C30H59ClO3/c31-27-23-19-15-11-7-3-1-2-4-8-12-16-20-24-28-34-29-25-21-17-13-9-5-6-10-14-18-22-26-30(32)33/h1-29H2,(H,32,33). The van der Waals surface area contributed by atoms with Crippen LogP contribution in [0, 0.1) is 0 Å². The fourth-order valence-corrected chi connectivity index (χ4v) is 4.78. The van der Waals surface area contributed by atoms with Gasteiger partial charge in [0.15, 0.2) is 0 Å². The van der Waals surface area contributed by atoms with Gasteiger partial charge in [-0.2, -0.15) is 0 Å². The Bertz CT molecular complexity index is 389. The van der Waals surface area contributed by atoms with Crippen molar-refractivity contribution in [2.45, 2.75) is 167 Å². The zero-order valence-electron chi connectivity index (χ0n) is 22.6. The van der Waals surface area contributed by atoms with Gasteiger partial charge in [0.25, 0.3) is 0 Å². The van der Waals surface area contributed by atoms with Gasteiger partial charge in [-0.3, -0.25) is 4.79 Å². The van der Waals surface area contributed by atoms with E-state index in [2.05, 4.69) is 0 Å². The number of carboxylic acids is 1. The van der Waals surface area contributed by atoms with Crippen LogP contribution in [0.4, 0.5) is 0 Å². The van der Waals surface area contributed by atoms with Crippen molar-refractivity contribution in [3.05, 3.63) is 0 Å². The molecule has 0 rings (SSSR count). The molecule has 0 aromatic rings. The van der Waals surface area contributed by atoms with Crippen molar-refractivity contribution >= 4 is 17.6 Å². The van der Waals surface area contributed by atoms with Gasteiger partial charge in [-0.05, 0) is 25.7 Å². The number of hydrogen-bond acceptors (Lipinski definition) is 2. The van der Waals surface area contributed by atoms with Crippen molar-refractivity contribution in [1.82, 2.24) is 0 Å². The lowest BCUT2D eigenvalue weighted by molar-refractivity contribution is -0.137. The summed E-state index contributed by atoms with van der Waals surface area (Å²) in [5.74, 6) is 0.171. The van der Waals surface area contributed by atoms with Gasteiger partial charge in [0.05, 0.1) is 0 Å². The maximum atomic E-state index is 10.4. The van der Waals surface area contributed by atoms with Crippen molar-refractivity contribution in [3.63, 3.8) is 0 Å². The van der Waals surface area contributed by atoms with Crippen LogP contribution in [0.3, 0.4) is 0 Å². The summed E-state index contributed by atoms with van der Waals surface area (Å²) in [6, 6.07) is 0. The lowest BCUT2D eigenvalue weighted by Crippen LogP contribution is -1.97. The summed E-state index contributed by atoms with van der Waals surface area (Å²) in [6.45, 7) is 1.90. The predicted octanol–water partition coefficient (Wildman–Crippen LogP) is 10.5. The molecule has 0 heterocycles. The van der Waals surface area contributed by atoms with E-state index in [0.717, 1.165) is 31.9 Å². The largest absolute Gasteiger partial charge is 0.481 e. The van der Waals surface area contributed by atoms with Crippen LogP contribution in [-0.2, 0) is 9.53 Å².